The van der Waals surface area contributed by atoms with Crippen LogP contribution in [0.2, 0.25) is 0 Å². The third-order valence-electron chi connectivity index (χ3n) is 6.74. The highest BCUT2D eigenvalue weighted by atomic mass is 19.4. The van der Waals surface area contributed by atoms with Crippen molar-refractivity contribution >= 4 is 11.7 Å². The lowest BCUT2D eigenvalue weighted by Gasteiger charge is -2.37. The number of aromatic nitrogens is 1. The van der Waals surface area contributed by atoms with Crippen LogP contribution in [0.4, 0.5) is 19.0 Å². The van der Waals surface area contributed by atoms with Gasteiger partial charge in [-0.1, -0.05) is 30.3 Å². The number of nitrogens with zero attached hydrogens (tertiary/aromatic N) is 4. The van der Waals surface area contributed by atoms with E-state index in [4.69, 9.17) is 0 Å². The minimum absolute atomic E-state index is 0.0930. The number of hydrogen-bond donors (Lipinski definition) is 1. The number of likely N-dealkylation sites (N-methyl/N-ethyl adjacent to an activating group) is 1. The molecule has 184 valence electrons. The lowest BCUT2D eigenvalue weighted by molar-refractivity contribution is -0.137. The number of carbonyl (C=O) groups excluding carboxylic acids is 1. The molecule has 4 rings (SSSR count). The molecule has 1 amide bonds. The maximum Gasteiger partial charge on any atom is 0.419 e. The highest BCUT2D eigenvalue weighted by Crippen LogP contribution is 2.36. The van der Waals surface area contributed by atoms with Crippen molar-refractivity contribution in [3.63, 3.8) is 0 Å². The number of alkyl halides is 3. The summed E-state index contributed by atoms with van der Waals surface area (Å²) in [5, 5.41) is 3.21. The summed E-state index contributed by atoms with van der Waals surface area (Å²) in [6.45, 7) is 5.23. The minimum atomic E-state index is -4.49. The Morgan fingerprint density at radius 3 is 2.53 bits per heavy atom. The number of pyridine rings is 1. The molecule has 2 aromatic rings. The first kappa shape index (κ1) is 24.5. The highest BCUT2D eigenvalue weighted by molar-refractivity contribution is 5.80. The topological polar surface area (TPSA) is 51.7 Å². The third kappa shape index (κ3) is 6.07. The number of nitrogens with one attached hydrogen (secondary N) is 1. The smallest absolute Gasteiger partial charge is 0.355 e. The van der Waals surface area contributed by atoms with Crippen molar-refractivity contribution in [3.05, 3.63) is 59.8 Å². The quantitative estimate of drug-likeness (QED) is 0.694. The van der Waals surface area contributed by atoms with Gasteiger partial charge in [0.2, 0.25) is 5.91 Å². The number of piperidine rings is 1. The van der Waals surface area contributed by atoms with Crippen molar-refractivity contribution in [1.29, 1.82) is 0 Å². The van der Waals surface area contributed by atoms with Crippen LogP contribution in [0.5, 0.6) is 0 Å². The van der Waals surface area contributed by atoms with Gasteiger partial charge in [-0.25, -0.2) is 4.98 Å². The zero-order chi connectivity index (χ0) is 24.1. The van der Waals surface area contributed by atoms with Crippen LogP contribution in [-0.2, 0) is 11.0 Å². The van der Waals surface area contributed by atoms with Crippen molar-refractivity contribution in [2.24, 2.45) is 5.92 Å². The van der Waals surface area contributed by atoms with E-state index in [1.54, 1.807) is 4.90 Å². The number of carbonyl (C=O) groups is 1. The largest absolute Gasteiger partial charge is 0.419 e. The van der Waals surface area contributed by atoms with E-state index in [2.05, 4.69) is 27.1 Å². The first-order chi connectivity index (χ1) is 16.3. The molecule has 0 bridgehead atoms. The molecule has 2 fully saturated rings. The molecule has 2 saturated heterocycles. The summed E-state index contributed by atoms with van der Waals surface area (Å²) < 4.78 is 40.5. The maximum atomic E-state index is 13.5. The molecule has 2 atom stereocenters. The summed E-state index contributed by atoms with van der Waals surface area (Å²) in [5.41, 5.74) is 0.278. The molecule has 9 heteroatoms. The van der Waals surface area contributed by atoms with Gasteiger partial charge in [0, 0.05) is 52.0 Å². The predicted octanol–water partition coefficient (Wildman–Crippen LogP) is 3.42. The van der Waals surface area contributed by atoms with Crippen molar-refractivity contribution < 1.29 is 18.0 Å². The van der Waals surface area contributed by atoms with Crippen molar-refractivity contribution in [2.75, 3.05) is 57.8 Å². The van der Waals surface area contributed by atoms with Crippen molar-refractivity contribution in [3.8, 4) is 0 Å². The molecule has 1 aromatic carbocycles. The monoisotopic (exact) mass is 475 g/mol. The van der Waals surface area contributed by atoms with Crippen LogP contribution in [0.1, 0.15) is 30.0 Å². The van der Waals surface area contributed by atoms with Gasteiger partial charge in [0.15, 0.2) is 0 Å². The van der Waals surface area contributed by atoms with Crippen LogP contribution >= 0.6 is 0 Å². The molecule has 1 aromatic heterocycles. The molecule has 0 aliphatic carbocycles. The summed E-state index contributed by atoms with van der Waals surface area (Å²) in [7, 11) is 2.11. The molecular formula is C25H32F3N5O. The Labute approximate surface area is 198 Å². The number of piperazine rings is 1. The number of hydrogen-bond acceptors (Lipinski definition) is 5. The van der Waals surface area contributed by atoms with E-state index in [-0.39, 0.29) is 24.3 Å². The number of benzene rings is 1. The Balaban J connectivity index is 1.46. The molecule has 0 radical (unpaired) electrons. The number of anilines is 1. The van der Waals surface area contributed by atoms with Crippen LogP contribution in [0.3, 0.4) is 0 Å². The van der Waals surface area contributed by atoms with Gasteiger partial charge in [0.25, 0.3) is 0 Å². The second-order valence-corrected chi connectivity index (χ2v) is 9.23. The Hall–Kier alpha value is -2.65. The number of rotatable bonds is 6. The van der Waals surface area contributed by atoms with Crippen molar-refractivity contribution in [2.45, 2.75) is 25.1 Å². The fourth-order valence-corrected chi connectivity index (χ4v) is 4.75. The van der Waals surface area contributed by atoms with Gasteiger partial charge < -0.3 is 15.1 Å². The average Bonchev–Trinajstić information content (AvgIpc) is 2.85. The van der Waals surface area contributed by atoms with Gasteiger partial charge in [0.1, 0.15) is 5.82 Å². The summed E-state index contributed by atoms with van der Waals surface area (Å²) in [6.07, 6.45) is -1.83. The van der Waals surface area contributed by atoms with Gasteiger partial charge in [-0.2, -0.15) is 13.2 Å². The molecule has 34 heavy (non-hydrogen) atoms. The van der Waals surface area contributed by atoms with Crippen LogP contribution in [0, 0.1) is 5.92 Å². The molecule has 2 aliphatic rings. The molecule has 0 spiro atoms. The SMILES string of the molecule is CN1CCN(CC(NC(=O)C2CCCN(c3ncccc3C(F)(F)F)C2)c2ccccc2)CC1. The van der Waals surface area contributed by atoms with Crippen molar-refractivity contribution in [1.82, 2.24) is 20.1 Å². The van der Waals surface area contributed by atoms with Gasteiger partial charge in [-0.05, 0) is 37.6 Å². The molecule has 2 unspecified atom stereocenters. The van der Waals surface area contributed by atoms with Gasteiger partial charge in [-0.3, -0.25) is 9.69 Å². The van der Waals surface area contributed by atoms with Gasteiger partial charge in [0.05, 0.1) is 17.5 Å². The second kappa shape index (κ2) is 10.7. The normalized spacial score (nSPS) is 21.3. The fourth-order valence-electron chi connectivity index (χ4n) is 4.75. The Bertz CT molecular complexity index is 947. The predicted molar refractivity (Wildman–Crippen MR) is 125 cm³/mol. The molecule has 6 nitrogen and oxygen atoms in total. The van der Waals surface area contributed by atoms with Crippen LogP contribution < -0.4 is 10.2 Å². The minimum Gasteiger partial charge on any atom is -0.355 e. The molecular weight excluding hydrogens is 443 g/mol. The Morgan fingerprint density at radius 1 is 1.09 bits per heavy atom. The standard InChI is InChI=1S/C25H32F3N5O/c1-31-13-15-32(16-14-31)18-22(19-7-3-2-4-8-19)30-24(34)20-9-6-12-33(17-20)23-21(25(26,27)28)10-5-11-29-23/h2-5,7-8,10-11,20,22H,6,9,12-18H2,1H3,(H,30,34). The molecule has 2 aliphatic heterocycles. The van der Waals surface area contributed by atoms with E-state index in [0.29, 0.717) is 25.9 Å². The second-order valence-electron chi connectivity index (χ2n) is 9.23. The third-order valence-corrected chi connectivity index (χ3v) is 6.74. The van der Waals surface area contributed by atoms with E-state index in [1.165, 1.54) is 12.3 Å². The lowest BCUT2D eigenvalue weighted by Crippen LogP contribution is -2.49. The van der Waals surface area contributed by atoms with Crippen LogP contribution in [-0.4, -0.2) is 73.6 Å². The summed E-state index contributed by atoms with van der Waals surface area (Å²) in [6, 6.07) is 12.1. The summed E-state index contributed by atoms with van der Waals surface area (Å²) in [5.74, 6) is -0.600. The van der Waals surface area contributed by atoms with E-state index in [0.717, 1.165) is 37.8 Å². The first-order valence-corrected chi connectivity index (χ1v) is 11.8. The summed E-state index contributed by atoms with van der Waals surface area (Å²) in [4.78, 5) is 23.6. The number of amides is 1. The lowest BCUT2D eigenvalue weighted by atomic mass is 9.95. The number of halogens is 3. The van der Waals surface area contributed by atoms with E-state index in [1.807, 2.05) is 30.3 Å². The Morgan fingerprint density at radius 2 is 1.82 bits per heavy atom. The zero-order valence-electron chi connectivity index (χ0n) is 19.5. The van der Waals surface area contributed by atoms with E-state index >= 15 is 0 Å². The van der Waals surface area contributed by atoms with Crippen LogP contribution in [0.15, 0.2) is 48.7 Å². The molecule has 0 saturated carbocycles. The van der Waals surface area contributed by atoms with E-state index < -0.39 is 17.7 Å². The first-order valence-electron chi connectivity index (χ1n) is 11.8. The summed E-state index contributed by atoms with van der Waals surface area (Å²) >= 11 is 0. The van der Waals surface area contributed by atoms with Gasteiger partial charge >= 0.3 is 6.18 Å². The maximum absolute atomic E-state index is 13.5. The molecule has 1 N–H and O–H groups in total. The highest BCUT2D eigenvalue weighted by Gasteiger charge is 2.37. The molecule has 3 heterocycles. The van der Waals surface area contributed by atoms with Gasteiger partial charge in [-0.15, -0.1) is 0 Å². The Kier molecular flexibility index (Phi) is 7.73. The fraction of sp³-hybridized carbons (Fsp3) is 0.520. The van der Waals surface area contributed by atoms with Crippen LogP contribution in [0.25, 0.3) is 0 Å². The van der Waals surface area contributed by atoms with E-state index in [9.17, 15) is 18.0 Å². The average molecular weight is 476 g/mol. The zero-order valence-corrected chi connectivity index (χ0v) is 19.5.